The lowest BCUT2D eigenvalue weighted by molar-refractivity contribution is 0.653. The summed E-state index contributed by atoms with van der Waals surface area (Å²) in [5.41, 5.74) is 1.39. The fourth-order valence-corrected chi connectivity index (χ4v) is 2.93. The molecule has 2 heterocycles. The average Bonchev–Trinajstić information content (AvgIpc) is 2.67. The molecular weight excluding hydrogens is 202 g/mol. The van der Waals surface area contributed by atoms with Gasteiger partial charge in [0.25, 0.3) is 0 Å². The Morgan fingerprint density at radius 2 is 2.40 bits per heavy atom. The highest BCUT2D eigenvalue weighted by atomic mass is 32.1. The smallest absolute Gasteiger partial charge is 0.0791 e. The molecule has 1 nitrogen and oxygen atoms in total. The van der Waals surface area contributed by atoms with E-state index in [-0.39, 0.29) is 0 Å². The molecule has 2 heteroatoms. The van der Waals surface area contributed by atoms with Crippen LogP contribution in [0.25, 0.3) is 0 Å². The Balaban J connectivity index is 2.06. The molecule has 0 aliphatic carbocycles. The SMILES string of the molecule is CC(C)Cc1cc(C2CC=CC=N2)cs1. The van der Waals surface area contributed by atoms with Gasteiger partial charge in [0.2, 0.25) is 0 Å². The average molecular weight is 219 g/mol. The van der Waals surface area contributed by atoms with Gasteiger partial charge in [-0.2, -0.15) is 0 Å². The van der Waals surface area contributed by atoms with Gasteiger partial charge in [-0.25, -0.2) is 0 Å². The molecule has 15 heavy (non-hydrogen) atoms. The Hall–Kier alpha value is -0.890. The Morgan fingerprint density at radius 1 is 1.53 bits per heavy atom. The maximum Gasteiger partial charge on any atom is 0.0791 e. The quantitative estimate of drug-likeness (QED) is 0.728. The number of aliphatic imine (C=N–C) groups is 1. The normalized spacial score (nSPS) is 20.1. The van der Waals surface area contributed by atoms with Crippen LogP contribution in [-0.4, -0.2) is 6.21 Å². The highest BCUT2D eigenvalue weighted by molar-refractivity contribution is 7.10. The van der Waals surface area contributed by atoms with Crippen molar-refractivity contribution in [2.75, 3.05) is 0 Å². The van der Waals surface area contributed by atoms with Gasteiger partial charge in [-0.05, 0) is 41.8 Å². The van der Waals surface area contributed by atoms with Crippen molar-refractivity contribution in [3.05, 3.63) is 34.0 Å². The van der Waals surface area contributed by atoms with Crippen LogP contribution < -0.4 is 0 Å². The molecule has 0 N–H and O–H groups in total. The summed E-state index contributed by atoms with van der Waals surface area (Å²) in [4.78, 5) is 5.98. The standard InChI is InChI=1S/C13H17NS/c1-10(2)7-12-8-11(9-15-12)13-5-3-4-6-14-13/h3-4,6,8-10,13H,5,7H2,1-2H3. The Bertz CT molecular complexity index is 374. The molecular formula is C13H17NS. The van der Waals surface area contributed by atoms with Crippen molar-refractivity contribution in [1.29, 1.82) is 0 Å². The predicted molar refractivity (Wildman–Crippen MR) is 67.9 cm³/mol. The van der Waals surface area contributed by atoms with E-state index in [4.69, 9.17) is 0 Å². The second-order valence-corrected chi connectivity index (χ2v) is 5.42. The molecule has 0 fully saturated rings. The minimum atomic E-state index is 0.368. The van der Waals surface area contributed by atoms with E-state index >= 15 is 0 Å². The molecule has 1 aliphatic rings. The van der Waals surface area contributed by atoms with Crippen LogP contribution in [0.2, 0.25) is 0 Å². The van der Waals surface area contributed by atoms with Crippen LogP contribution >= 0.6 is 11.3 Å². The highest BCUT2D eigenvalue weighted by Crippen LogP contribution is 2.28. The third-order valence-electron chi connectivity index (χ3n) is 2.52. The van der Waals surface area contributed by atoms with Crippen LogP contribution in [0.15, 0.2) is 28.6 Å². The van der Waals surface area contributed by atoms with E-state index in [0.717, 1.165) is 12.3 Å². The Morgan fingerprint density at radius 3 is 3.07 bits per heavy atom. The van der Waals surface area contributed by atoms with Gasteiger partial charge in [-0.1, -0.05) is 19.9 Å². The molecule has 1 aromatic rings. The summed E-state index contributed by atoms with van der Waals surface area (Å²) in [5.74, 6) is 0.742. The monoisotopic (exact) mass is 219 g/mol. The summed E-state index contributed by atoms with van der Waals surface area (Å²) in [6, 6.07) is 2.69. The van der Waals surface area contributed by atoms with Crippen molar-refractivity contribution in [2.24, 2.45) is 10.9 Å². The molecule has 0 amide bonds. The third-order valence-corrected chi connectivity index (χ3v) is 3.49. The number of hydrogen-bond acceptors (Lipinski definition) is 2. The molecule has 80 valence electrons. The van der Waals surface area contributed by atoms with Crippen molar-refractivity contribution in [2.45, 2.75) is 32.7 Å². The van der Waals surface area contributed by atoms with E-state index in [2.05, 4.69) is 36.4 Å². The molecule has 1 aliphatic heterocycles. The second-order valence-electron chi connectivity index (χ2n) is 4.42. The van der Waals surface area contributed by atoms with Crippen molar-refractivity contribution >= 4 is 17.6 Å². The Kier molecular flexibility index (Phi) is 3.37. The fourth-order valence-electron chi connectivity index (χ4n) is 1.79. The summed E-state index contributed by atoms with van der Waals surface area (Å²) in [6.07, 6.45) is 8.37. The van der Waals surface area contributed by atoms with Gasteiger partial charge in [0.05, 0.1) is 6.04 Å². The molecule has 1 unspecified atom stereocenters. The summed E-state index contributed by atoms with van der Waals surface area (Å²) in [6.45, 7) is 4.53. The number of rotatable bonds is 3. The van der Waals surface area contributed by atoms with E-state index < -0.39 is 0 Å². The van der Waals surface area contributed by atoms with Gasteiger partial charge < -0.3 is 0 Å². The molecule has 0 aromatic carbocycles. The van der Waals surface area contributed by atoms with Crippen LogP contribution in [0.4, 0.5) is 0 Å². The summed E-state index contributed by atoms with van der Waals surface area (Å²) in [5, 5.41) is 2.26. The summed E-state index contributed by atoms with van der Waals surface area (Å²) in [7, 11) is 0. The molecule has 0 saturated carbocycles. The number of hydrogen-bond donors (Lipinski definition) is 0. The Labute approximate surface area is 95.6 Å². The number of nitrogens with zero attached hydrogens (tertiary/aromatic N) is 1. The molecule has 2 rings (SSSR count). The highest BCUT2D eigenvalue weighted by Gasteiger charge is 2.12. The molecule has 0 spiro atoms. The van der Waals surface area contributed by atoms with Crippen molar-refractivity contribution in [3.8, 4) is 0 Å². The first-order valence-corrected chi connectivity index (χ1v) is 6.39. The predicted octanol–water partition coefficient (Wildman–Crippen LogP) is 4.02. The van der Waals surface area contributed by atoms with Crippen LogP contribution in [0.3, 0.4) is 0 Å². The minimum absolute atomic E-state index is 0.368. The zero-order chi connectivity index (χ0) is 10.7. The van der Waals surface area contributed by atoms with Crippen LogP contribution in [-0.2, 0) is 6.42 Å². The zero-order valence-electron chi connectivity index (χ0n) is 9.31. The lowest BCUT2D eigenvalue weighted by Crippen LogP contribution is -1.96. The van der Waals surface area contributed by atoms with Crippen LogP contribution in [0.1, 0.15) is 36.8 Å². The van der Waals surface area contributed by atoms with Gasteiger partial charge in [0, 0.05) is 11.1 Å². The lowest BCUT2D eigenvalue weighted by Gasteiger charge is -2.10. The van der Waals surface area contributed by atoms with Crippen LogP contribution in [0.5, 0.6) is 0 Å². The lowest BCUT2D eigenvalue weighted by atomic mass is 10.0. The third kappa shape index (κ3) is 2.78. The van der Waals surface area contributed by atoms with Crippen molar-refractivity contribution in [1.82, 2.24) is 0 Å². The van der Waals surface area contributed by atoms with E-state index in [9.17, 15) is 0 Å². The maximum absolute atomic E-state index is 4.49. The fraction of sp³-hybridized carbons (Fsp3) is 0.462. The molecule has 0 bridgehead atoms. The first-order valence-electron chi connectivity index (χ1n) is 5.51. The first kappa shape index (κ1) is 10.6. The van der Waals surface area contributed by atoms with Crippen LogP contribution in [0, 0.1) is 5.92 Å². The van der Waals surface area contributed by atoms with Crippen molar-refractivity contribution < 1.29 is 0 Å². The minimum Gasteiger partial charge on any atom is -0.285 e. The molecule has 0 radical (unpaired) electrons. The number of allylic oxidation sites excluding steroid dienone is 1. The topological polar surface area (TPSA) is 12.4 Å². The van der Waals surface area contributed by atoms with E-state index in [1.54, 1.807) is 0 Å². The maximum atomic E-state index is 4.49. The van der Waals surface area contributed by atoms with E-state index in [1.165, 1.54) is 16.9 Å². The summed E-state index contributed by atoms with van der Waals surface area (Å²) < 4.78 is 0. The summed E-state index contributed by atoms with van der Waals surface area (Å²) >= 11 is 1.87. The van der Waals surface area contributed by atoms with E-state index in [1.807, 2.05) is 23.6 Å². The first-order chi connectivity index (χ1) is 7.25. The largest absolute Gasteiger partial charge is 0.285 e. The molecule has 1 atom stereocenters. The van der Waals surface area contributed by atoms with E-state index in [0.29, 0.717) is 6.04 Å². The number of dihydropyridines is 1. The van der Waals surface area contributed by atoms with Gasteiger partial charge in [-0.3, -0.25) is 4.99 Å². The van der Waals surface area contributed by atoms with Crippen molar-refractivity contribution in [3.63, 3.8) is 0 Å². The van der Waals surface area contributed by atoms with Gasteiger partial charge in [0.1, 0.15) is 0 Å². The van der Waals surface area contributed by atoms with Gasteiger partial charge in [0.15, 0.2) is 0 Å². The van der Waals surface area contributed by atoms with Gasteiger partial charge >= 0.3 is 0 Å². The number of thiophene rings is 1. The zero-order valence-corrected chi connectivity index (χ0v) is 10.1. The van der Waals surface area contributed by atoms with Gasteiger partial charge in [-0.15, -0.1) is 11.3 Å². The molecule has 1 aromatic heterocycles. The second kappa shape index (κ2) is 4.75. The molecule has 0 saturated heterocycles.